The first-order valence-electron chi connectivity index (χ1n) is 9.78. The molecule has 0 saturated carbocycles. The van der Waals surface area contributed by atoms with Crippen LogP contribution < -0.4 is 10.0 Å². The zero-order valence-electron chi connectivity index (χ0n) is 16.8. The van der Waals surface area contributed by atoms with E-state index in [-0.39, 0.29) is 23.7 Å². The lowest BCUT2D eigenvalue weighted by molar-refractivity contribution is -0.120. The summed E-state index contributed by atoms with van der Waals surface area (Å²) in [4.78, 5) is 16.9. The van der Waals surface area contributed by atoms with Crippen molar-refractivity contribution < 1.29 is 22.0 Å². The number of amidine groups is 1. The zero-order valence-corrected chi connectivity index (χ0v) is 17.6. The molecule has 1 atom stereocenters. The predicted octanol–water partition coefficient (Wildman–Crippen LogP) is 3.10. The molecule has 6 nitrogen and oxygen atoms in total. The average molecular weight is 455 g/mol. The highest BCUT2D eigenvalue weighted by molar-refractivity contribution is 7.90. The number of amides is 1. The van der Waals surface area contributed by atoms with E-state index in [2.05, 4.69) is 15.0 Å². The number of rotatable bonds is 6. The Morgan fingerprint density at radius 3 is 2.44 bits per heavy atom. The van der Waals surface area contributed by atoms with Crippen LogP contribution in [-0.4, -0.2) is 26.7 Å². The molecule has 2 N–H and O–H groups in total. The number of nitrogens with one attached hydrogen (secondary N) is 2. The maximum atomic E-state index is 13.8. The van der Waals surface area contributed by atoms with Crippen LogP contribution in [0.3, 0.4) is 0 Å². The maximum Gasteiger partial charge on any atom is 0.263 e. The molecular weight excluding hydrogens is 436 g/mol. The highest BCUT2D eigenvalue weighted by Gasteiger charge is 2.30. The summed E-state index contributed by atoms with van der Waals surface area (Å²) in [6, 6.07) is 17.4. The van der Waals surface area contributed by atoms with E-state index in [9.17, 15) is 22.0 Å². The van der Waals surface area contributed by atoms with Crippen molar-refractivity contribution >= 4 is 21.8 Å². The first kappa shape index (κ1) is 21.6. The molecule has 1 unspecified atom stereocenters. The van der Waals surface area contributed by atoms with Gasteiger partial charge in [0.25, 0.3) is 10.0 Å². The minimum absolute atomic E-state index is 0.0863. The predicted molar refractivity (Wildman–Crippen MR) is 116 cm³/mol. The van der Waals surface area contributed by atoms with E-state index in [1.54, 1.807) is 36.4 Å². The van der Waals surface area contributed by atoms with Gasteiger partial charge < -0.3 is 5.32 Å². The zero-order chi connectivity index (χ0) is 22.7. The number of hydrogen-bond donors (Lipinski definition) is 2. The number of carbonyl (C=O) groups excluding carboxylic acids is 1. The number of benzene rings is 3. The Bertz CT molecular complexity index is 1310. The Morgan fingerprint density at radius 1 is 0.969 bits per heavy atom. The van der Waals surface area contributed by atoms with Gasteiger partial charge in [0.2, 0.25) is 5.91 Å². The summed E-state index contributed by atoms with van der Waals surface area (Å²) < 4.78 is 54.1. The number of aliphatic imine (C=N–C) groups is 1. The maximum absolute atomic E-state index is 13.8. The number of sulfonamides is 1. The summed E-state index contributed by atoms with van der Waals surface area (Å²) in [6.07, 6.45) is 0.235. The van der Waals surface area contributed by atoms with Gasteiger partial charge in [0.05, 0.1) is 10.9 Å². The molecule has 1 aliphatic rings. The van der Waals surface area contributed by atoms with Crippen molar-refractivity contribution in [2.24, 2.45) is 4.99 Å². The topological polar surface area (TPSA) is 87.6 Å². The van der Waals surface area contributed by atoms with E-state index >= 15 is 0 Å². The minimum atomic E-state index is -3.71. The molecule has 3 aromatic carbocycles. The van der Waals surface area contributed by atoms with Crippen molar-refractivity contribution in [2.75, 3.05) is 6.54 Å². The summed E-state index contributed by atoms with van der Waals surface area (Å²) in [6.45, 7) is -0.346. The van der Waals surface area contributed by atoms with Crippen LogP contribution in [0, 0.1) is 11.6 Å². The lowest BCUT2D eigenvalue weighted by Crippen LogP contribution is -2.32. The lowest BCUT2D eigenvalue weighted by Gasteiger charge is -2.19. The molecule has 1 amide bonds. The molecule has 0 saturated heterocycles. The van der Waals surface area contributed by atoms with Crippen LogP contribution in [0.4, 0.5) is 8.78 Å². The quantitative estimate of drug-likeness (QED) is 0.599. The standard InChI is InChI=1S/C23H19F2N3O3S/c24-17-7-3-5-15(11-17)12-20(16-6-4-8-18(25)13-16)27-22(29)14-26-23-19-9-1-2-10-21(19)32(30,31)28-23/h1-11,13,20H,12,14H2,(H,26,28)(H,27,29). The van der Waals surface area contributed by atoms with Gasteiger partial charge in [-0.1, -0.05) is 36.4 Å². The van der Waals surface area contributed by atoms with E-state index in [0.29, 0.717) is 16.7 Å². The molecule has 0 aromatic heterocycles. The van der Waals surface area contributed by atoms with Gasteiger partial charge in [0.1, 0.15) is 24.0 Å². The Balaban J connectivity index is 1.53. The molecule has 1 heterocycles. The third-order valence-corrected chi connectivity index (χ3v) is 6.36. The highest BCUT2D eigenvalue weighted by Crippen LogP contribution is 2.23. The van der Waals surface area contributed by atoms with Crippen LogP contribution in [0.5, 0.6) is 0 Å². The largest absolute Gasteiger partial charge is 0.347 e. The van der Waals surface area contributed by atoms with E-state index in [1.807, 2.05) is 0 Å². The Hall–Kier alpha value is -3.59. The molecule has 3 aromatic rings. The summed E-state index contributed by atoms with van der Waals surface area (Å²) in [5.74, 6) is -1.28. The van der Waals surface area contributed by atoms with Crippen molar-refractivity contribution in [2.45, 2.75) is 17.4 Å². The van der Waals surface area contributed by atoms with Crippen molar-refractivity contribution in [3.63, 3.8) is 0 Å². The number of halogens is 2. The third-order valence-electron chi connectivity index (χ3n) is 4.96. The summed E-state index contributed by atoms with van der Waals surface area (Å²) >= 11 is 0. The van der Waals surface area contributed by atoms with Crippen molar-refractivity contribution in [3.8, 4) is 0 Å². The van der Waals surface area contributed by atoms with Gasteiger partial charge in [-0.15, -0.1) is 0 Å². The van der Waals surface area contributed by atoms with Crippen molar-refractivity contribution in [3.05, 3.63) is 101 Å². The molecule has 0 spiro atoms. The van der Waals surface area contributed by atoms with Gasteiger partial charge >= 0.3 is 0 Å². The van der Waals surface area contributed by atoms with Crippen LogP contribution in [0.1, 0.15) is 22.7 Å². The normalized spacial score (nSPS) is 16.2. The Morgan fingerprint density at radius 2 is 1.69 bits per heavy atom. The van der Waals surface area contributed by atoms with E-state index in [1.165, 1.54) is 36.4 Å². The fourth-order valence-corrected chi connectivity index (χ4v) is 4.77. The first-order chi connectivity index (χ1) is 15.3. The molecule has 0 aliphatic carbocycles. The molecule has 0 radical (unpaired) electrons. The molecule has 9 heteroatoms. The van der Waals surface area contributed by atoms with E-state index in [4.69, 9.17) is 0 Å². The summed E-state index contributed by atoms with van der Waals surface area (Å²) in [7, 11) is -3.71. The van der Waals surface area contributed by atoms with E-state index < -0.39 is 33.6 Å². The second-order valence-corrected chi connectivity index (χ2v) is 8.93. The minimum Gasteiger partial charge on any atom is -0.347 e. The van der Waals surface area contributed by atoms with Crippen LogP contribution in [0.2, 0.25) is 0 Å². The van der Waals surface area contributed by atoms with Crippen LogP contribution in [0.15, 0.2) is 82.7 Å². The molecule has 0 fully saturated rings. The van der Waals surface area contributed by atoms with Gasteiger partial charge in [-0.05, 0) is 53.9 Å². The molecule has 164 valence electrons. The second-order valence-electron chi connectivity index (χ2n) is 7.28. The number of nitrogens with zero attached hydrogens (tertiary/aromatic N) is 1. The second kappa shape index (κ2) is 8.88. The fourth-order valence-electron chi connectivity index (χ4n) is 3.52. The van der Waals surface area contributed by atoms with Gasteiger partial charge in [-0.25, -0.2) is 17.2 Å². The van der Waals surface area contributed by atoms with Gasteiger partial charge in [0.15, 0.2) is 0 Å². The molecule has 0 bridgehead atoms. The van der Waals surface area contributed by atoms with Gasteiger partial charge in [0, 0.05) is 5.56 Å². The van der Waals surface area contributed by atoms with Gasteiger partial charge in [-0.3, -0.25) is 14.5 Å². The monoisotopic (exact) mass is 455 g/mol. The SMILES string of the molecule is O=C(CN=C1NS(=O)(=O)c2ccccc21)NC(Cc1cccc(F)c1)c1cccc(F)c1. The van der Waals surface area contributed by atoms with Crippen LogP contribution in [0.25, 0.3) is 0 Å². The van der Waals surface area contributed by atoms with Crippen molar-refractivity contribution in [1.29, 1.82) is 0 Å². The smallest absolute Gasteiger partial charge is 0.263 e. The molecule has 32 heavy (non-hydrogen) atoms. The Kier molecular flexibility index (Phi) is 6.00. The molecule has 1 aliphatic heterocycles. The lowest BCUT2D eigenvalue weighted by atomic mass is 9.98. The summed E-state index contributed by atoms with van der Waals surface area (Å²) in [5, 5.41) is 2.78. The third kappa shape index (κ3) is 4.83. The summed E-state index contributed by atoms with van der Waals surface area (Å²) in [5.41, 5.74) is 1.53. The number of hydrogen-bond acceptors (Lipinski definition) is 4. The van der Waals surface area contributed by atoms with Gasteiger partial charge in [-0.2, -0.15) is 0 Å². The molecule has 4 rings (SSSR count). The first-order valence-corrected chi connectivity index (χ1v) is 11.3. The molecular formula is C23H19F2N3O3S. The van der Waals surface area contributed by atoms with Crippen molar-refractivity contribution in [1.82, 2.24) is 10.0 Å². The van der Waals surface area contributed by atoms with E-state index in [0.717, 1.165) is 0 Å². The number of fused-ring (bicyclic) bond motifs is 1. The van der Waals surface area contributed by atoms with Crippen LogP contribution >= 0.6 is 0 Å². The average Bonchev–Trinajstić information content (AvgIpc) is 3.02. The fraction of sp³-hybridized carbons (Fsp3) is 0.130. The number of carbonyl (C=O) groups is 1. The highest BCUT2D eigenvalue weighted by atomic mass is 32.2. The Labute approximate surface area is 184 Å². The van der Waals surface area contributed by atoms with Crippen LogP contribution in [-0.2, 0) is 21.2 Å².